The van der Waals surface area contributed by atoms with Crippen molar-refractivity contribution in [3.63, 3.8) is 0 Å². The second kappa shape index (κ2) is 8.15. The fraction of sp³-hybridized carbons (Fsp3) is 0.320. The lowest BCUT2D eigenvalue weighted by Crippen LogP contribution is -2.43. The van der Waals surface area contributed by atoms with Gasteiger partial charge in [-0.2, -0.15) is 0 Å². The number of aromatic amines is 1. The van der Waals surface area contributed by atoms with Crippen LogP contribution in [0.15, 0.2) is 54.7 Å². The topological polar surface area (TPSA) is 85.5 Å². The smallest absolute Gasteiger partial charge is 0.325 e. The molecule has 2 aromatic carbocycles. The number of carbonyl (C=O) groups is 3. The van der Waals surface area contributed by atoms with Gasteiger partial charge in [0.25, 0.3) is 5.91 Å². The molecule has 1 aliphatic heterocycles. The molecule has 3 aromatic rings. The van der Waals surface area contributed by atoms with Crippen molar-refractivity contribution < 1.29 is 14.4 Å². The summed E-state index contributed by atoms with van der Waals surface area (Å²) in [5, 5.41) is 3.78. The minimum absolute atomic E-state index is 0.0322. The van der Waals surface area contributed by atoms with Crippen molar-refractivity contribution in [2.45, 2.75) is 37.8 Å². The van der Waals surface area contributed by atoms with Crippen LogP contribution >= 0.6 is 0 Å². The Morgan fingerprint density at radius 1 is 1.12 bits per heavy atom. The molecule has 4 amide bonds. The molecule has 2 aliphatic rings. The SMILES string of the molecule is CN(C(=O)CN1C(=O)N[C@H](Cc2c[nH]c3ccccc23)C1=O)[C@H]1CCCc2ccccc21. The summed E-state index contributed by atoms with van der Waals surface area (Å²) in [6.45, 7) is -0.246. The number of fused-ring (bicyclic) bond motifs is 2. The van der Waals surface area contributed by atoms with Crippen LogP contribution in [0.2, 0.25) is 0 Å². The van der Waals surface area contributed by atoms with Crippen molar-refractivity contribution in [2.24, 2.45) is 0 Å². The molecule has 1 saturated heterocycles. The summed E-state index contributed by atoms with van der Waals surface area (Å²) >= 11 is 0. The van der Waals surface area contributed by atoms with E-state index in [1.54, 1.807) is 11.9 Å². The molecule has 32 heavy (non-hydrogen) atoms. The molecule has 1 aliphatic carbocycles. The number of H-pyrrole nitrogens is 1. The molecule has 1 fully saturated rings. The zero-order valence-electron chi connectivity index (χ0n) is 18.0. The number of amides is 4. The number of nitrogens with zero attached hydrogens (tertiary/aromatic N) is 2. The third-order valence-electron chi connectivity index (χ3n) is 6.70. The van der Waals surface area contributed by atoms with Crippen LogP contribution in [0.25, 0.3) is 10.9 Å². The Morgan fingerprint density at radius 2 is 1.91 bits per heavy atom. The van der Waals surface area contributed by atoms with Gasteiger partial charge < -0.3 is 15.2 Å². The van der Waals surface area contributed by atoms with Gasteiger partial charge in [0.05, 0.1) is 6.04 Å². The molecule has 0 spiro atoms. The second-order valence-electron chi connectivity index (χ2n) is 8.60. The van der Waals surface area contributed by atoms with Crippen LogP contribution in [0.1, 0.15) is 35.6 Å². The summed E-state index contributed by atoms with van der Waals surface area (Å²) in [5.74, 6) is -0.589. The third kappa shape index (κ3) is 3.53. The number of urea groups is 1. The fourth-order valence-corrected chi connectivity index (χ4v) is 4.94. The number of hydrogen-bond donors (Lipinski definition) is 2. The second-order valence-corrected chi connectivity index (χ2v) is 8.60. The first-order chi connectivity index (χ1) is 15.5. The van der Waals surface area contributed by atoms with Crippen LogP contribution < -0.4 is 5.32 Å². The zero-order valence-corrected chi connectivity index (χ0v) is 18.0. The maximum Gasteiger partial charge on any atom is 0.325 e. The minimum Gasteiger partial charge on any atom is -0.361 e. The monoisotopic (exact) mass is 430 g/mol. The lowest BCUT2D eigenvalue weighted by Gasteiger charge is -2.34. The highest BCUT2D eigenvalue weighted by Gasteiger charge is 2.40. The third-order valence-corrected chi connectivity index (χ3v) is 6.70. The molecule has 164 valence electrons. The Hall–Kier alpha value is -3.61. The van der Waals surface area contributed by atoms with Gasteiger partial charge in [-0.15, -0.1) is 0 Å². The van der Waals surface area contributed by atoms with Gasteiger partial charge in [-0.05, 0) is 42.0 Å². The number of aryl methyl sites for hydroxylation is 1. The van der Waals surface area contributed by atoms with Crippen LogP contribution in [0.4, 0.5) is 4.79 Å². The van der Waals surface area contributed by atoms with Crippen LogP contribution in [-0.4, -0.2) is 52.3 Å². The van der Waals surface area contributed by atoms with Crippen LogP contribution in [0.5, 0.6) is 0 Å². The minimum atomic E-state index is -0.671. The van der Waals surface area contributed by atoms with E-state index in [1.165, 1.54) is 5.56 Å². The first-order valence-electron chi connectivity index (χ1n) is 11.0. The predicted octanol–water partition coefficient (Wildman–Crippen LogP) is 3.17. The predicted molar refractivity (Wildman–Crippen MR) is 121 cm³/mol. The Kier molecular flexibility index (Phi) is 5.17. The number of likely N-dealkylation sites (N-methyl/N-ethyl adjacent to an activating group) is 1. The number of rotatable bonds is 5. The molecule has 7 nitrogen and oxygen atoms in total. The van der Waals surface area contributed by atoms with E-state index in [1.807, 2.05) is 42.6 Å². The van der Waals surface area contributed by atoms with Gasteiger partial charge in [-0.1, -0.05) is 42.5 Å². The number of carbonyl (C=O) groups excluding carboxylic acids is 3. The van der Waals surface area contributed by atoms with E-state index in [9.17, 15) is 14.4 Å². The molecule has 5 rings (SSSR count). The van der Waals surface area contributed by atoms with Crippen molar-refractivity contribution in [1.82, 2.24) is 20.1 Å². The van der Waals surface area contributed by atoms with Crippen molar-refractivity contribution in [1.29, 1.82) is 0 Å². The van der Waals surface area contributed by atoms with Gasteiger partial charge >= 0.3 is 6.03 Å². The highest BCUT2D eigenvalue weighted by atomic mass is 16.2. The molecular weight excluding hydrogens is 404 g/mol. The number of imide groups is 1. The maximum atomic E-state index is 13.0. The molecule has 0 radical (unpaired) electrons. The fourth-order valence-electron chi connectivity index (χ4n) is 4.94. The maximum absolute atomic E-state index is 13.0. The lowest BCUT2D eigenvalue weighted by atomic mass is 9.87. The summed E-state index contributed by atoms with van der Waals surface area (Å²) in [6, 6.07) is 14.8. The number of aromatic nitrogens is 1. The lowest BCUT2D eigenvalue weighted by molar-refractivity contribution is -0.138. The normalized spacial score (nSPS) is 20.3. The van der Waals surface area contributed by atoms with E-state index in [2.05, 4.69) is 22.4 Å². The molecule has 0 bridgehead atoms. The molecule has 2 atom stereocenters. The van der Waals surface area contributed by atoms with E-state index in [4.69, 9.17) is 0 Å². The van der Waals surface area contributed by atoms with Gasteiger partial charge in [-0.3, -0.25) is 14.5 Å². The summed E-state index contributed by atoms with van der Waals surface area (Å²) in [4.78, 5) is 44.5. The van der Waals surface area contributed by atoms with E-state index < -0.39 is 12.1 Å². The summed E-state index contributed by atoms with van der Waals surface area (Å²) in [5.41, 5.74) is 4.37. The van der Waals surface area contributed by atoms with Gasteiger partial charge in [0.1, 0.15) is 12.6 Å². The summed E-state index contributed by atoms with van der Waals surface area (Å²) < 4.78 is 0. The molecule has 0 unspecified atom stereocenters. The molecule has 2 N–H and O–H groups in total. The highest BCUT2D eigenvalue weighted by molar-refractivity contribution is 6.06. The highest BCUT2D eigenvalue weighted by Crippen LogP contribution is 2.33. The van der Waals surface area contributed by atoms with Crippen LogP contribution in [0.3, 0.4) is 0 Å². The van der Waals surface area contributed by atoms with Crippen molar-refractivity contribution in [2.75, 3.05) is 13.6 Å². The van der Waals surface area contributed by atoms with Crippen LogP contribution in [0, 0.1) is 0 Å². The molecular formula is C25H26N4O3. The van der Waals surface area contributed by atoms with E-state index in [0.29, 0.717) is 6.42 Å². The van der Waals surface area contributed by atoms with Gasteiger partial charge in [0, 0.05) is 30.6 Å². The van der Waals surface area contributed by atoms with Crippen LogP contribution in [-0.2, 0) is 22.4 Å². The molecule has 2 heterocycles. The average molecular weight is 431 g/mol. The van der Waals surface area contributed by atoms with Crippen molar-refractivity contribution in [3.05, 3.63) is 71.4 Å². The largest absolute Gasteiger partial charge is 0.361 e. The van der Waals surface area contributed by atoms with Gasteiger partial charge in [-0.25, -0.2) is 4.79 Å². The Labute approximate surface area is 186 Å². The summed E-state index contributed by atoms with van der Waals surface area (Å²) in [6.07, 6.45) is 5.15. The van der Waals surface area contributed by atoms with E-state index in [-0.39, 0.29) is 24.4 Å². The van der Waals surface area contributed by atoms with Crippen molar-refractivity contribution >= 4 is 28.7 Å². The van der Waals surface area contributed by atoms with Gasteiger partial charge in [0.15, 0.2) is 0 Å². The van der Waals surface area contributed by atoms with Gasteiger partial charge in [0.2, 0.25) is 5.91 Å². The molecule has 7 heteroatoms. The van der Waals surface area contributed by atoms with E-state index in [0.717, 1.165) is 46.2 Å². The summed E-state index contributed by atoms with van der Waals surface area (Å²) in [7, 11) is 1.76. The van der Waals surface area contributed by atoms with E-state index >= 15 is 0 Å². The standard InChI is InChI=1S/C25H26N4O3/c1-28(22-12-6-8-16-7-2-3-10-19(16)22)23(30)15-29-24(31)21(27-25(29)32)13-17-14-26-20-11-5-4-9-18(17)20/h2-5,7,9-11,14,21-22,26H,6,8,12-13,15H2,1H3,(H,27,32)/t21-,22+/m1/s1. The number of hydrogen-bond acceptors (Lipinski definition) is 3. The zero-order chi connectivity index (χ0) is 22.2. The Bertz CT molecular complexity index is 1200. The molecule has 1 aromatic heterocycles. The van der Waals surface area contributed by atoms with Crippen molar-refractivity contribution in [3.8, 4) is 0 Å². The Balaban J connectivity index is 1.28. The Morgan fingerprint density at radius 3 is 2.78 bits per heavy atom. The quantitative estimate of drug-likeness (QED) is 0.610. The number of benzene rings is 2. The number of para-hydroxylation sites is 1. The number of nitrogens with one attached hydrogen (secondary N) is 2. The first-order valence-corrected chi connectivity index (χ1v) is 11.0. The average Bonchev–Trinajstić information content (AvgIpc) is 3.34. The molecule has 0 saturated carbocycles. The first kappa shape index (κ1) is 20.3.